The summed E-state index contributed by atoms with van der Waals surface area (Å²) in [7, 11) is 0. The number of hydrogen-bond acceptors (Lipinski definition) is 6. The fraction of sp³-hybridized carbons (Fsp3) is 0.346. The number of nitrogens with one attached hydrogen (secondary N) is 2. The molecule has 184 valence electrons. The first-order valence-electron chi connectivity index (χ1n) is 11.9. The largest absolute Gasteiger partial charge is 0.490 e. The lowest BCUT2D eigenvalue weighted by Crippen LogP contribution is -2.42. The Labute approximate surface area is 204 Å². The number of benzene rings is 2. The number of carbonyl (C=O) groups is 2. The van der Waals surface area contributed by atoms with Gasteiger partial charge in [-0.1, -0.05) is 18.2 Å². The lowest BCUT2D eigenvalue weighted by molar-refractivity contribution is 0.0842. The van der Waals surface area contributed by atoms with Gasteiger partial charge in [0.25, 0.3) is 11.8 Å². The Morgan fingerprint density at radius 3 is 2.14 bits per heavy atom. The van der Waals surface area contributed by atoms with Gasteiger partial charge in [0.2, 0.25) is 5.75 Å². The smallest absolute Gasteiger partial charge is 0.290 e. The summed E-state index contributed by atoms with van der Waals surface area (Å²) < 4.78 is 18.8. The van der Waals surface area contributed by atoms with Gasteiger partial charge in [-0.2, -0.15) is 5.10 Å². The minimum atomic E-state index is -0.512. The molecule has 9 nitrogen and oxygen atoms in total. The number of nitrogens with zero attached hydrogens (tertiary/aromatic N) is 2. The summed E-state index contributed by atoms with van der Waals surface area (Å²) in [6.07, 6.45) is 2.58. The molecule has 1 aromatic heterocycles. The number of aromatic nitrogens is 2. The Morgan fingerprint density at radius 2 is 1.51 bits per heavy atom. The number of ether oxygens (including phenoxy) is 3. The molecule has 0 spiro atoms. The molecule has 0 fully saturated rings. The average molecular weight is 479 g/mol. The summed E-state index contributed by atoms with van der Waals surface area (Å²) in [5.41, 5.74) is 8.42. The van der Waals surface area contributed by atoms with Crippen LogP contribution in [0.5, 0.6) is 17.2 Å². The van der Waals surface area contributed by atoms with Crippen LogP contribution in [-0.4, -0.2) is 41.4 Å². The standard InChI is InChI=1S/C26H30N4O5/c1-4-33-21-15-17(16-22(34-5-2)24(21)35-6-3)25(31)27-28-26(32)23-19-13-10-14-20(19)30(29-23)18-11-8-7-9-12-18/h7-9,11-12,15-16H,4-6,10,13-14H2,1-3H3,(H,27,31)(H,28,32). The number of para-hydroxylation sites is 1. The van der Waals surface area contributed by atoms with Gasteiger partial charge in [-0.15, -0.1) is 0 Å². The van der Waals surface area contributed by atoms with Crippen molar-refractivity contribution in [3.05, 3.63) is 65.0 Å². The van der Waals surface area contributed by atoms with Crippen molar-refractivity contribution in [2.75, 3.05) is 19.8 Å². The highest BCUT2D eigenvalue weighted by Crippen LogP contribution is 2.39. The van der Waals surface area contributed by atoms with E-state index in [4.69, 9.17) is 14.2 Å². The predicted molar refractivity (Wildman–Crippen MR) is 130 cm³/mol. The Hall–Kier alpha value is -4.01. The molecule has 2 amide bonds. The number of hydrazine groups is 1. The molecule has 0 radical (unpaired) electrons. The van der Waals surface area contributed by atoms with Crippen molar-refractivity contribution < 1.29 is 23.8 Å². The van der Waals surface area contributed by atoms with Gasteiger partial charge in [-0.05, 0) is 64.3 Å². The van der Waals surface area contributed by atoms with Gasteiger partial charge in [0.05, 0.1) is 25.5 Å². The molecule has 1 aliphatic rings. The van der Waals surface area contributed by atoms with Gasteiger partial charge in [0.1, 0.15) is 0 Å². The van der Waals surface area contributed by atoms with Gasteiger partial charge in [-0.3, -0.25) is 20.4 Å². The normalized spacial score (nSPS) is 12.1. The van der Waals surface area contributed by atoms with Crippen LogP contribution < -0.4 is 25.1 Å². The van der Waals surface area contributed by atoms with Gasteiger partial charge >= 0.3 is 0 Å². The van der Waals surface area contributed by atoms with E-state index in [1.165, 1.54) is 0 Å². The highest BCUT2D eigenvalue weighted by Gasteiger charge is 2.27. The molecule has 0 atom stereocenters. The Balaban J connectivity index is 1.54. The van der Waals surface area contributed by atoms with Crippen LogP contribution in [0.3, 0.4) is 0 Å². The molecule has 0 saturated carbocycles. The van der Waals surface area contributed by atoms with Gasteiger partial charge in [-0.25, -0.2) is 4.68 Å². The molecular weight excluding hydrogens is 448 g/mol. The molecule has 0 saturated heterocycles. The zero-order valence-corrected chi connectivity index (χ0v) is 20.2. The third kappa shape index (κ3) is 5.08. The fourth-order valence-electron chi connectivity index (χ4n) is 4.17. The van der Waals surface area contributed by atoms with Crippen LogP contribution in [-0.2, 0) is 12.8 Å². The van der Waals surface area contributed by atoms with E-state index in [0.717, 1.165) is 36.2 Å². The Morgan fingerprint density at radius 1 is 0.886 bits per heavy atom. The zero-order valence-electron chi connectivity index (χ0n) is 20.2. The van der Waals surface area contributed by atoms with Crippen molar-refractivity contribution in [1.82, 2.24) is 20.6 Å². The van der Waals surface area contributed by atoms with Gasteiger partial charge in [0.15, 0.2) is 17.2 Å². The highest BCUT2D eigenvalue weighted by molar-refractivity contribution is 5.99. The van der Waals surface area contributed by atoms with E-state index in [0.29, 0.717) is 42.8 Å². The maximum atomic E-state index is 13.0. The molecule has 2 aromatic carbocycles. The third-order valence-electron chi connectivity index (χ3n) is 5.61. The Kier molecular flexibility index (Phi) is 7.54. The molecule has 35 heavy (non-hydrogen) atoms. The monoisotopic (exact) mass is 478 g/mol. The molecule has 3 aromatic rings. The van der Waals surface area contributed by atoms with Crippen LogP contribution in [0.1, 0.15) is 59.3 Å². The second-order valence-electron chi connectivity index (χ2n) is 7.88. The minimum Gasteiger partial charge on any atom is -0.490 e. The molecule has 1 heterocycles. The summed E-state index contributed by atoms with van der Waals surface area (Å²) >= 11 is 0. The topological polar surface area (TPSA) is 104 Å². The van der Waals surface area contributed by atoms with Crippen molar-refractivity contribution in [2.24, 2.45) is 0 Å². The van der Waals surface area contributed by atoms with Crippen molar-refractivity contribution in [3.63, 3.8) is 0 Å². The molecule has 9 heteroatoms. The summed E-state index contributed by atoms with van der Waals surface area (Å²) in [6, 6.07) is 12.8. The van der Waals surface area contributed by atoms with Crippen LogP contribution in [0.2, 0.25) is 0 Å². The second-order valence-corrected chi connectivity index (χ2v) is 7.88. The predicted octanol–water partition coefficient (Wildman–Crippen LogP) is 3.63. The molecule has 0 aliphatic heterocycles. The van der Waals surface area contributed by atoms with E-state index in [1.807, 2.05) is 55.8 Å². The van der Waals surface area contributed by atoms with E-state index >= 15 is 0 Å². The van der Waals surface area contributed by atoms with Crippen molar-refractivity contribution in [3.8, 4) is 22.9 Å². The number of amides is 2. The molecule has 0 bridgehead atoms. The van der Waals surface area contributed by atoms with E-state index in [1.54, 1.807) is 12.1 Å². The van der Waals surface area contributed by atoms with E-state index < -0.39 is 11.8 Å². The molecule has 2 N–H and O–H groups in total. The second kappa shape index (κ2) is 10.9. The summed E-state index contributed by atoms with van der Waals surface area (Å²) in [5, 5.41) is 4.56. The number of fused-ring (bicyclic) bond motifs is 1. The van der Waals surface area contributed by atoms with Crippen LogP contribution in [0.15, 0.2) is 42.5 Å². The fourth-order valence-corrected chi connectivity index (χ4v) is 4.17. The number of rotatable bonds is 9. The molecule has 1 aliphatic carbocycles. The van der Waals surface area contributed by atoms with E-state index in [2.05, 4.69) is 16.0 Å². The van der Waals surface area contributed by atoms with Crippen LogP contribution in [0, 0.1) is 0 Å². The lowest BCUT2D eigenvalue weighted by Gasteiger charge is -2.17. The first kappa shape index (κ1) is 24.1. The average Bonchev–Trinajstić information content (AvgIpc) is 3.48. The van der Waals surface area contributed by atoms with Gasteiger partial charge in [0, 0.05) is 16.8 Å². The number of hydrogen-bond donors (Lipinski definition) is 2. The summed E-state index contributed by atoms with van der Waals surface area (Å²) in [4.78, 5) is 25.9. The van der Waals surface area contributed by atoms with Crippen molar-refractivity contribution >= 4 is 11.8 Å². The van der Waals surface area contributed by atoms with Crippen LogP contribution >= 0.6 is 0 Å². The highest BCUT2D eigenvalue weighted by atomic mass is 16.5. The van der Waals surface area contributed by atoms with E-state index in [-0.39, 0.29) is 5.56 Å². The first-order chi connectivity index (χ1) is 17.1. The minimum absolute atomic E-state index is 0.265. The molecule has 4 rings (SSSR count). The maximum Gasteiger partial charge on any atom is 0.290 e. The zero-order chi connectivity index (χ0) is 24.8. The SMILES string of the molecule is CCOc1cc(C(=O)NNC(=O)c2nn(-c3ccccc3)c3c2CCC3)cc(OCC)c1OCC. The third-order valence-corrected chi connectivity index (χ3v) is 5.61. The Bertz CT molecular complexity index is 1180. The van der Waals surface area contributed by atoms with Crippen LogP contribution in [0.4, 0.5) is 0 Å². The van der Waals surface area contributed by atoms with E-state index in [9.17, 15) is 9.59 Å². The first-order valence-corrected chi connectivity index (χ1v) is 11.9. The number of carbonyl (C=O) groups excluding carboxylic acids is 2. The van der Waals surface area contributed by atoms with Gasteiger partial charge < -0.3 is 14.2 Å². The maximum absolute atomic E-state index is 13.0. The van der Waals surface area contributed by atoms with Crippen molar-refractivity contribution in [1.29, 1.82) is 0 Å². The molecular formula is C26H30N4O5. The quantitative estimate of drug-likeness (QED) is 0.455. The molecule has 0 unspecified atom stereocenters. The van der Waals surface area contributed by atoms with Crippen molar-refractivity contribution in [2.45, 2.75) is 40.0 Å². The summed E-state index contributed by atoms with van der Waals surface area (Å²) in [6.45, 7) is 6.75. The summed E-state index contributed by atoms with van der Waals surface area (Å²) in [5.74, 6) is 0.265. The lowest BCUT2D eigenvalue weighted by atomic mass is 10.1. The van der Waals surface area contributed by atoms with Crippen LogP contribution in [0.25, 0.3) is 5.69 Å².